The third-order valence-corrected chi connectivity index (χ3v) is 4.24. The van der Waals surface area contributed by atoms with Gasteiger partial charge in [-0.05, 0) is 42.7 Å². The van der Waals surface area contributed by atoms with Crippen LogP contribution in [0.5, 0.6) is 5.88 Å². The van der Waals surface area contributed by atoms with Gasteiger partial charge in [-0.25, -0.2) is 4.98 Å². The summed E-state index contributed by atoms with van der Waals surface area (Å²) in [7, 11) is 0. The maximum atomic E-state index is 9.46. The van der Waals surface area contributed by atoms with Gasteiger partial charge in [-0.1, -0.05) is 34.6 Å². The van der Waals surface area contributed by atoms with E-state index in [4.69, 9.17) is 4.74 Å². The zero-order valence-corrected chi connectivity index (χ0v) is 14.0. The second-order valence-corrected chi connectivity index (χ2v) is 7.76. The van der Waals surface area contributed by atoms with Crippen LogP contribution in [0.2, 0.25) is 0 Å². The van der Waals surface area contributed by atoms with Crippen LogP contribution in [0.3, 0.4) is 0 Å². The van der Waals surface area contributed by atoms with E-state index in [9.17, 15) is 5.11 Å². The van der Waals surface area contributed by atoms with E-state index in [1.54, 1.807) is 0 Å². The van der Waals surface area contributed by atoms with E-state index >= 15 is 0 Å². The average Bonchev–Trinajstić information content (AvgIpc) is 2.36. The summed E-state index contributed by atoms with van der Waals surface area (Å²) < 4.78 is 6.15. The van der Waals surface area contributed by atoms with Crippen molar-refractivity contribution in [2.45, 2.75) is 72.0 Å². The number of aliphatic hydroxyl groups excluding tert-OH is 1. The van der Waals surface area contributed by atoms with E-state index in [1.807, 2.05) is 12.1 Å². The highest BCUT2D eigenvalue weighted by atomic mass is 16.5. The van der Waals surface area contributed by atoms with E-state index in [0.717, 1.165) is 24.1 Å². The van der Waals surface area contributed by atoms with Crippen molar-refractivity contribution in [3.63, 3.8) is 0 Å². The monoisotopic (exact) mass is 291 g/mol. The summed E-state index contributed by atoms with van der Waals surface area (Å²) >= 11 is 0. The van der Waals surface area contributed by atoms with Gasteiger partial charge in [0.25, 0.3) is 0 Å². The Morgan fingerprint density at radius 1 is 1.14 bits per heavy atom. The van der Waals surface area contributed by atoms with Crippen LogP contribution in [-0.4, -0.2) is 16.2 Å². The number of ether oxygens (including phenoxy) is 1. The summed E-state index contributed by atoms with van der Waals surface area (Å²) in [5.41, 5.74) is 1.80. The van der Waals surface area contributed by atoms with Gasteiger partial charge in [0.05, 0.1) is 12.3 Å². The number of hydrogen-bond acceptors (Lipinski definition) is 3. The summed E-state index contributed by atoms with van der Waals surface area (Å²) in [6.07, 6.45) is 3.73. The predicted octanol–water partition coefficient (Wildman–Crippen LogP) is 4.07. The molecule has 2 unspecified atom stereocenters. The first-order chi connectivity index (χ1) is 9.77. The van der Waals surface area contributed by atoms with Crippen molar-refractivity contribution >= 4 is 0 Å². The van der Waals surface area contributed by atoms with E-state index in [2.05, 4.69) is 39.6 Å². The molecule has 1 fully saturated rings. The quantitative estimate of drug-likeness (QED) is 0.912. The van der Waals surface area contributed by atoms with Crippen LogP contribution in [0.25, 0.3) is 0 Å². The van der Waals surface area contributed by atoms with Crippen molar-refractivity contribution in [3.05, 3.63) is 23.4 Å². The molecule has 1 heterocycles. The minimum absolute atomic E-state index is 0.0272. The molecule has 1 saturated carbocycles. The van der Waals surface area contributed by atoms with Gasteiger partial charge in [0.1, 0.15) is 6.10 Å². The first-order valence-electron chi connectivity index (χ1n) is 8.07. The molecule has 0 spiro atoms. The van der Waals surface area contributed by atoms with Gasteiger partial charge in [0.15, 0.2) is 0 Å². The fraction of sp³-hybridized carbons (Fsp3) is 0.722. The molecular formula is C18H29NO2. The molecular weight excluding hydrogens is 262 g/mol. The molecule has 1 aliphatic carbocycles. The lowest BCUT2D eigenvalue weighted by Gasteiger charge is -2.31. The Morgan fingerprint density at radius 2 is 1.76 bits per heavy atom. The standard InChI is InChI=1S/C18H29NO2/c1-12-6-13(2)8-15(7-12)21-17-10-14(11-20)9-16(19-17)18(3,4)5/h9-10,12-13,15,20H,6-8,11H2,1-5H3. The number of aliphatic hydroxyl groups is 1. The lowest BCUT2D eigenvalue weighted by molar-refractivity contribution is 0.0960. The maximum Gasteiger partial charge on any atom is 0.214 e. The molecule has 0 saturated heterocycles. The molecule has 0 aromatic carbocycles. The molecule has 1 aromatic rings. The fourth-order valence-corrected chi connectivity index (χ4v) is 3.24. The van der Waals surface area contributed by atoms with E-state index in [0.29, 0.717) is 17.7 Å². The summed E-state index contributed by atoms with van der Waals surface area (Å²) in [5.74, 6) is 2.08. The largest absolute Gasteiger partial charge is 0.474 e. The Bertz CT molecular complexity index is 469. The minimum Gasteiger partial charge on any atom is -0.474 e. The number of pyridine rings is 1. The summed E-state index contributed by atoms with van der Waals surface area (Å²) in [4.78, 5) is 4.66. The molecule has 0 radical (unpaired) electrons. The molecule has 1 aromatic heterocycles. The fourth-order valence-electron chi connectivity index (χ4n) is 3.24. The highest BCUT2D eigenvalue weighted by molar-refractivity contribution is 5.28. The van der Waals surface area contributed by atoms with Crippen LogP contribution >= 0.6 is 0 Å². The van der Waals surface area contributed by atoms with Crippen LogP contribution in [0.15, 0.2) is 12.1 Å². The third-order valence-electron chi connectivity index (χ3n) is 4.24. The molecule has 1 aliphatic rings. The Labute approximate surface area is 128 Å². The van der Waals surface area contributed by atoms with Crippen LogP contribution in [0, 0.1) is 11.8 Å². The van der Waals surface area contributed by atoms with E-state index < -0.39 is 0 Å². The molecule has 0 amide bonds. The number of rotatable bonds is 3. The summed E-state index contributed by atoms with van der Waals surface area (Å²) in [6, 6.07) is 3.85. The topological polar surface area (TPSA) is 42.4 Å². The lowest BCUT2D eigenvalue weighted by atomic mass is 9.82. The SMILES string of the molecule is CC1CC(C)CC(Oc2cc(CO)cc(C(C)(C)C)n2)C1. The molecule has 21 heavy (non-hydrogen) atoms. The van der Waals surface area contributed by atoms with Crippen LogP contribution < -0.4 is 4.74 Å². The van der Waals surface area contributed by atoms with Crippen LogP contribution in [-0.2, 0) is 12.0 Å². The van der Waals surface area contributed by atoms with Crippen LogP contribution in [0.4, 0.5) is 0 Å². The van der Waals surface area contributed by atoms with Gasteiger partial charge >= 0.3 is 0 Å². The van der Waals surface area contributed by atoms with Gasteiger partial charge in [-0.15, -0.1) is 0 Å². The second-order valence-electron chi connectivity index (χ2n) is 7.76. The highest BCUT2D eigenvalue weighted by Gasteiger charge is 2.26. The Balaban J connectivity index is 2.19. The maximum absolute atomic E-state index is 9.46. The smallest absolute Gasteiger partial charge is 0.214 e. The Kier molecular flexibility index (Phi) is 4.92. The summed E-state index contributed by atoms with van der Waals surface area (Å²) in [6.45, 7) is 11.0. The average molecular weight is 291 g/mol. The van der Waals surface area contributed by atoms with Crippen molar-refractivity contribution < 1.29 is 9.84 Å². The van der Waals surface area contributed by atoms with Crippen molar-refractivity contribution in [1.82, 2.24) is 4.98 Å². The van der Waals surface area contributed by atoms with Gasteiger partial charge in [-0.3, -0.25) is 0 Å². The van der Waals surface area contributed by atoms with Crippen molar-refractivity contribution in [3.8, 4) is 5.88 Å². The Morgan fingerprint density at radius 3 is 2.29 bits per heavy atom. The second kappa shape index (κ2) is 6.35. The zero-order valence-electron chi connectivity index (χ0n) is 14.0. The van der Waals surface area contributed by atoms with Crippen LogP contribution in [0.1, 0.15) is 65.1 Å². The van der Waals surface area contributed by atoms with Gasteiger partial charge in [0, 0.05) is 11.5 Å². The molecule has 2 atom stereocenters. The first kappa shape index (κ1) is 16.3. The van der Waals surface area contributed by atoms with Gasteiger partial charge in [0.2, 0.25) is 5.88 Å². The normalized spacial score (nSPS) is 26.7. The first-order valence-corrected chi connectivity index (χ1v) is 8.07. The third kappa shape index (κ3) is 4.44. The van der Waals surface area contributed by atoms with Crippen molar-refractivity contribution in [2.75, 3.05) is 0 Å². The highest BCUT2D eigenvalue weighted by Crippen LogP contribution is 2.32. The molecule has 0 bridgehead atoms. The number of hydrogen-bond donors (Lipinski definition) is 1. The molecule has 0 aliphatic heterocycles. The Hall–Kier alpha value is -1.09. The van der Waals surface area contributed by atoms with Crippen molar-refractivity contribution in [1.29, 1.82) is 0 Å². The zero-order chi connectivity index (χ0) is 15.6. The number of nitrogens with zero attached hydrogens (tertiary/aromatic N) is 1. The predicted molar refractivity (Wildman–Crippen MR) is 85.5 cm³/mol. The van der Waals surface area contributed by atoms with E-state index in [1.165, 1.54) is 6.42 Å². The van der Waals surface area contributed by atoms with Gasteiger partial charge in [-0.2, -0.15) is 0 Å². The molecule has 3 nitrogen and oxygen atoms in total. The minimum atomic E-state index is -0.0452. The molecule has 2 rings (SSSR count). The van der Waals surface area contributed by atoms with Gasteiger partial charge < -0.3 is 9.84 Å². The van der Waals surface area contributed by atoms with E-state index in [-0.39, 0.29) is 18.1 Å². The molecule has 1 N–H and O–H groups in total. The lowest BCUT2D eigenvalue weighted by Crippen LogP contribution is -2.29. The number of aromatic nitrogens is 1. The molecule has 3 heteroatoms. The summed E-state index contributed by atoms with van der Waals surface area (Å²) in [5, 5.41) is 9.46. The molecule has 118 valence electrons. The van der Waals surface area contributed by atoms with Crippen molar-refractivity contribution in [2.24, 2.45) is 11.8 Å².